The van der Waals surface area contributed by atoms with Crippen LogP contribution in [-0.2, 0) is 20.6 Å². The third-order valence-corrected chi connectivity index (χ3v) is 4.79. The van der Waals surface area contributed by atoms with E-state index >= 15 is 0 Å². The van der Waals surface area contributed by atoms with Gasteiger partial charge in [0.05, 0.1) is 26.4 Å². The van der Waals surface area contributed by atoms with Crippen molar-refractivity contribution in [1.29, 1.82) is 0 Å². The zero-order valence-corrected chi connectivity index (χ0v) is 20.3. The van der Waals surface area contributed by atoms with Crippen molar-refractivity contribution in [1.82, 2.24) is 10.2 Å². The highest BCUT2D eigenvalue weighted by atomic mass is 127. The van der Waals surface area contributed by atoms with E-state index in [1.54, 1.807) is 7.11 Å². The fourth-order valence-corrected chi connectivity index (χ4v) is 3.27. The standard InChI is InChI=1S/C22H37N3O3.HI/c1-3-23-22(25-13-10-21(18-25)19-28-17-16-26-2)24-12-7-14-27-15-11-20-8-5-4-6-9-20;/h4-6,8-9,21H,3,7,10-19H2,1-2H3,(H,23,24);1H. The van der Waals surface area contributed by atoms with Crippen LogP contribution in [0.1, 0.15) is 25.3 Å². The van der Waals surface area contributed by atoms with Gasteiger partial charge in [-0.2, -0.15) is 0 Å². The maximum Gasteiger partial charge on any atom is 0.193 e. The summed E-state index contributed by atoms with van der Waals surface area (Å²) >= 11 is 0. The Morgan fingerprint density at radius 2 is 1.97 bits per heavy atom. The Balaban J connectivity index is 0.00000420. The minimum Gasteiger partial charge on any atom is -0.382 e. The van der Waals surface area contributed by atoms with Crippen LogP contribution in [0.15, 0.2) is 35.3 Å². The molecule has 0 amide bonds. The molecule has 1 heterocycles. The number of nitrogens with zero attached hydrogens (tertiary/aromatic N) is 2. The van der Waals surface area contributed by atoms with Gasteiger partial charge < -0.3 is 24.4 Å². The quantitative estimate of drug-likeness (QED) is 0.188. The number of methoxy groups -OCH3 is 1. The van der Waals surface area contributed by atoms with Crippen molar-refractivity contribution in [3.63, 3.8) is 0 Å². The Hall–Kier alpha value is -0.900. The van der Waals surface area contributed by atoms with Gasteiger partial charge in [0.2, 0.25) is 0 Å². The number of hydrogen-bond donors (Lipinski definition) is 1. The van der Waals surface area contributed by atoms with Gasteiger partial charge in [-0.25, -0.2) is 0 Å². The van der Waals surface area contributed by atoms with Gasteiger partial charge in [-0.3, -0.25) is 4.99 Å². The largest absolute Gasteiger partial charge is 0.382 e. The lowest BCUT2D eigenvalue weighted by Gasteiger charge is -2.21. The summed E-state index contributed by atoms with van der Waals surface area (Å²) in [5, 5.41) is 3.42. The van der Waals surface area contributed by atoms with Gasteiger partial charge in [-0.15, -0.1) is 24.0 Å². The van der Waals surface area contributed by atoms with Crippen LogP contribution >= 0.6 is 24.0 Å². The Morgan fingerprint density at radius 3 is 2.72 bits per heavy atom. The summed E-state index contributed by atoms with van der Waals surface area (Å²) in [6.45, 7) is 9.50. The molecule has 1 aliphatic rings. The van der Waals surface area contributed by atoms with Gasteiger partial charge in [-0.05, 0) is 31.7 Å². The molecule has 166 valence electrons. The molecule has 1 atom stereocenters. The molecule has 6 nitrogen and oxygen atoms in total. The lowest BCUT2D eigenvalue weighted by atomic mass is 10.1. The molecule has 29 heavy (non-hydrogen) atoms. The molecule has 1 unspecified atom stereocenters. The van der Waals surface area contributed by atoms with E-state index in [1.165, 1.54) is 5.56 Å². The SMILES string of the molecule is CCNC(=NCCCOCCc1ccccc1)N1CCC(COCCOC)C1.I. The average molecular weight is 519 g/mol. The molecular weight excluding hydrogens is 481 g/mol. The van der Waals surface area contributed by atoms with Gasteiger partial charge in [0.25, 0.3) is 0 Å². The molecule has 1 aromatic rings. The van der Waals surface area contributed by atoms with E-state index in [-0.39, 0.29) is 24.0 Å². The van der Waals surface area contributed by atoms with Crippen LogP contribution in [0.2, 0.25) is 0 Å². The van der Waals surface area contributed by atoms with Gasteiger partial charge in [0.1, 0.15) is 0 Å². The summed E-state index contributed by atoms with van der Waals surface area (Å²) in [6.07, 6.45) is 3.06. The van der Waals surface area contributed by atoms with Crippen molar-refractivity contribution in [3.05, 3.63) is 35.9 Å². The van der Waals surface area contributed by atoms with Gasteiger partial charge in [0, 0.05) is 45.8 Å². The molecule has 0 aliphatic carbocycles. The topological polar surface area (TPSA) is 55.3 Å². The first kappa shape index (κ1) is 26.1. The Bertz CT molecular complexity index is 545. The monoisotopic (exact) mass is 519 g/mol. The second-order valence-electron chi connectivity index (χ2n) is 7.11. The zero-order chi connectivity index (χ0) is 19.9. The van der Waals surface area contributed by atoms with E-state index in [9.17, 15) is 0 Å². The summed E-state index contributed by atoms with van der Waals surface area (Å²) in [6, 6.07) is 10.5. The van der Waals surface area contributed by atoms with E-state index in [0.29, 0.717) is 19.1 Å². The summed E-state index contributed by atoms with van der Waals surface area (Å²) in [7, 11) is 1.70. The van der Waals surface area contributed by atoms with Crippen LogP contribution in [0.3, 0.4) is 0 Å². The van der Waals surface area contributed by atoms with Crippen molar-refractivity contribution in [2.24, 2.45) is 10.9 Å². The second-order valence-corrected chi connectivity index (χ2v) is 7.11. The molecule has 0 bridgehead atoms. The maximum absolute atomic E-state index is 5.76. The fourth-order valence-electron chi connectivity index (χ4n) is 3.27. The number of ether oxygens (including phenoxy) is 3. The van der Waals surface area contributed by atoms with E-state index in [2.05, 4.69) is 41.4 Å². The summed E-state index contributed by atoms with van der Waals surface area (Å²) < 4.78 is 16.5. The molecule has 1 saturated heterocycles. The normalized spacial score (nSPS) is 16.7. The summed E-state index contributed by atoms with van der Waals surface area (Å²) in [4.78, 5) is 7.14. The molecular formula is C22H38IN3O3. The van der Waals surface area contributed by atoms with Crippen LogP contribution < -0.4 is 5.32 Å². The molecule has 1 fully saturated rings. The van der Waals surface area contributed by atoms with Crippen molar-refractivity contribution < 1.29 is 14.2 Å². The van der Waals surface area contributed by atoms with E-state index in [0.717, 1.165) is 71.2 Å². The number of nitrogens with one attached hydrogen (secondary N) is 1. The predicted octanol–water partition coefficient (Wildman–Crippen LogP) is 3.20. The smallest absolute Gasteiger partial charge is 0.193 e. The van der Waals surface area contributed by atoms with Gasteiger partial charge in [0.15, 0.2) is 5.96 Å². The summed E-state index contributed by atoms with van der Waals surface area (Å²) in [5.41, 5.74) is 1.32. The molecule has 7 heteroatoms. The van der Waals surface area contributed by atoms with E-state index < -0.39 is 0 Å². The molecule has 1 N–H and O–H groups in total. The predicted molar refractivity (Wildman–Crippen MR) is 129 cm³/mol. The minimum absolute atomic E-state index is 0. The van der Waals surface area contributed by atoms with Crippen LogP contribution in [0.25, 0.3) is 0 Å². The Labute approximate surface area is 193 Å². The number of halogens is 1. The zero-order valence-electron chi connectivity index (χ0n) is 18.0. The van der Waals surface area contributed by atoms with Gasteiger partial charge in [-0.1, -0.05) is 30.3 Å². The number of rotatable bonds is 13. The third kappa shape index (κ3) is 11.2. The first-order valence-electron chi connectivity index (χ1n) is 10.5. The molecule has 2 rings (SSSR count). The fraction of sp³-hybridized carbons (Fsp3) is 0.682. The molecule has 1 aliphatic heterocycles. The lowest BCUT2D eigenvalue weighted by Crippen LogP contribution is -2.40. The first-order valence-corrected chi connectivity index (χ1v) is 10.5. The van der Waals surface area contributed by atoms with Crippen molar-refractivity contribution in [2.75, 3.05) is 66.3 Å². The number of hydrogen-bond acceptors (Lipinski definition) is 4. The highest BCUT2D eigenvalue weighted by Crippen LogP contribution is 2.16. The van der Waals surface area contributed by atoms with Crippen LogP contribution in [0, 0.1) is 5.92 Å². The molecule has 0 radical (unpaired) electrons. The first-order chi connectivity index (χ1) is 13.8. The number of aliphatic imine (C=N–C) groups is 1. The average Bonchev–Trinajstić information content (AvgIpc) is 3.19. The van der Waals surface area contributed by atoms with Crippen molar-refractivity contribution in [2.45, 2.75) is 26.2 Å². The summed E-state index contributed by atoms with van der Waals surface area (Å²) in [5.74, 6) is 1.59. The molecule has 0 aromatic heterocycles. The Kier molecular flexibility index (Phi) is 15.2. The number of guanidine groups is 1. The maximum atomic E-state index is 5.76. The van der Waals surface area contributed by atoms with E-state index in [4.69, 9.17) is 19.2 Å². The highest BCUT2D eigenvalue weighted by Gasteiger charge is 2.24. The third-order valence-electron chi connectivity index (χ3n) is 4.79. The van der Waals surface area contributed by atoms with Crippen LogP contribution in [0.4, 0.5) is 0 Å². The molecule has 0 spiro atoms. The number of likely N-dealkylation sites (tertiary alicyclic amines) is 1. The van der Waals surface area contributed by atoms with Crippen LogP contribution in [0.5, 0.6) is 0 Å². The minimum atomic E-state index is 0. The van der Waals surface area contributed by atoms with Crippen molar-refractivity contribution in [3.8, 4) is 0 Å². The Morgan fingerprint density at radius 1 is 1.14 bits per heavy atom. The second kappa shape index (κ2) is 16.8. The van der Waals surface area contributed by atoms with Crippen molar-refractivity contribution >= 4 is 29.9 Å². The lowest BCUT2D eigenvalue weighted by molar-refractivity contribution is 0.0536. The van der Waals surface area contributed by atoms with Crippen LogP contribution in [-0.4, -0.2) is 77.2 Å². The molecule has 0 saturated carbocycles. The number of benzene rings is 1. The van der Waals surface area contributed by atoms with E-state index in [1.807, 2.05) is 6.07 Å². The molecule has 1 aromatic carbocycles. The van der Waals surface area contributed by atoms with Gasteiger partial charge >= 0.3 is 0 Å². The highest BCUT2D eigenvalue weighted by molar-refractivity contribution is 14.0.